The molecule has 0 saturated heterocycles. The second-order valence-electron chi connectivity index (χ2n) is 4.33. The van der Waals surface area contributed by atoms with Gasteiger partial charge in [0, 0.05) is 5.56 Å². The van der Waals surface area contributed by atoms with Gasteiger partial charge in [0.15, 0.2) is 11.5 Å². The number of halogens is 1. The minimum absolute atomic E-state index is 0.184. The van der Waals surface area contributed by atoms with Crippen molar-refractivity contribution in [1.29, 1.82) is 0 Å². The Balaban J connectivity index is 2.19. The normalized spacial score (nSPS) is 18.7. The molecule has 0 aromatic heterocycles. The number of ether oxygens (including phenoxy) is 2. The Hall–Kier alpha value is -1.51. The van der Waals surface area contributed by atoms with Gasteiger partial charge < -0.3 is 9.47 Å². The minimum Gasteiger partial charge on any atom is -0.453 e. The number of isocyanates is 1. The number of benzene rings is 1. The zero-order valence-electron chi connectivity index (χ0n) is 9.25. The summed E-state index contributed by atoms with van der Waals surface area (Å²) in [7, 11) is 0. The molecule has 1 heterocycles. The van der Waals surface area contributed by atoms with Gasteiger partial charge in [0.1, 0.15) is 0 Å². The van der Waals surface area contributed by atoms with Gasteiger partial charge in [-0.25, -0.2) is 4.79 Å². The summed E-state index contributed by atoms with van der Waals surface area (Å²) in [6.07, 6.45) is 3.34. The standard InChI is InChI=1S/C12H10ClNO3/c1-7-8(12(2-3-12)14-5-15)4-9(13)11-10(7)16-6-17-11/h4H,2-3,6H2,1H3. The summed E-state index contributed by atoms with van der Waals surface area (Å²) < 4.78 is 10.7. The van der Waals surface area contributed by atoms with Crippen molar-refractivity contribution < 1.29 is 14.3 Å². The lowest BCUT2D eigenvalue weighted by molar-refractivity contribution is 0.173. The third-order valence-corrected chi connectivity index (χ3v) is 3.61. The summed E-state index contributed by atoms with van der Waals surface area (Å²) in [5, 5.41) is 0.505. The molecule has 1 aliphatic heterocycles. The van der Waals surface area contributed by atoms with E-state index in [-0.39, 0.29) is 6.79 Å². The molecule has 17 heavy (non-hydrogen) atoms. The van der Waals surface area contributed by atoms with E-state index in [0.29, 0.717) is 16.5 Å². The summed E-state index contributed by atoms with van der Waals surface area (Å²) in [5.41, 5.74) is 1.45. The number of hydrogen-bond acceptors (Lipinski definition) is 4. The van der Waals surface area contributed by atoms with Crippen LogP contribution in [-0.2, 0) is 10.3 Å². The predicted octanol–water partition coefficient (Wildman–Crippen LogP) is 2.70. The molecular formula is C12H10ClNO3. The molecule has 0 N–H and O–H groups in total. The van der Waals surface area contributed by atoms with Crippen LogP contribution < -0.4 is 9.47 Å². The molecule has 0 amide bonds. The summed E-state index contributed by atoms with van der Waals surface area (Å²) >= 11 is 6.14. The van der Waals surface area contributed by atoms with E-state index in [1.54, 1.807) is 6.08 Å². The second kappa shape index (κ2) is 3.49. The Bertz CT molecular complexity index is 545. The quantitative estimate of drug-likeness (QED) is 0.600. The highest BCUT2D eigenvalue weighted by molar-refractivity contribution is 6.32. The smallest absolute Gasteiger partial charge is 0.235 e. The number of fused-ring (bicyclic) bond motifs is 1. The first kappa shape index (κ1) is 10.6. The number of nitrogens with zero attached hydrogens (tertiary/aromatic N) is 1. The van der Waals surface area contributed by atoms with Crippen LogP contribution >= 0.6 is 11.6 Å². The highest BCUT2D eigenvalue weighted by Gasteiger charge is 2.47. The average molecular weight is 252 g/mol. The fourth-order valence-corrected chi connectivity index (χ4v) is 2.54. The summed E-state index contributed by atoms with van der Waals surface area (Å²) in [6, 6.07) is 1.82. The third kappa shape index (κ3) is 1.45. The molecule has 0 atom stereocenters. The molecule has 0 radical (unpaired) electrons. The lowest BCUT2D eigenvalue weighted by atomic mass is 9.98. The van der Waals surface area contributed by atoms with Gasteiger partial charge in [-0.15, -0.1) is 0 Å². The Kier molecular flexibility index (Phi) is 2.18. The van der Waals surface area contributed by atoms with Crippen LogP contribution in [0.15, 0.2) is 11.1 Å². The van der Waals surface area contributed by atoms with Crippen molar-refractivity contribution in [3.05, 3.63) is 22.2 Å². The van der Waals surface area contributed by atoms with E-state index >= 15 is 0 Å². The molecular weight excluding hydrogens is 242 g/mol. The summed E-state index contributed by atoms with van der Waals surface area (Å²) in [4.78, 5) is 14.4. The largest absolute Gasteiger partial charge is 0.453 e. The molecule has 0 spiro atoms. The molecule has 88 valence electrons. The first-order valence-corrected chi connectivity index (χ1v) is 5.74. The molecule has 1 aromatic rings. The molecule has 2 aliphatic rings. The summed E-state index contributed by atoms with van der Waals surface area (Å²) in [6.45, 7) is 2.11. The van der Waals surface area contributed by atoms with Crippen LogP contribution in [0.3, 0.4) is 0 Å². The highest BCUT2D eigenvalue weighted by Crippen LogP contribution is 2.54. The van der Waals surface area contributed by atoms with E-state index in [9.17, 15) is 4.79 Å². The van der Waals surface area contributed by atoms with Crippen molar-refractivity contribution in [3.63, 3.8) is 0 Å². The summed E-state index contributed by atoms with van der Waals surface area (Å²) in [5.74, 6) is 1.25. The van der Waals surface area contributed by atoms with Gasteiger partial charge in [-0.05, 0) is 31.4 Å². The minimum atomic E-state index is -0.434. The van der Waals surface area contributed by atoms with Crippen LogP contribution in [0.25, 0.3) is 0 Å². The van der Waals surface area contributed by atoms with Crippen LogP contribution in [-0.4, -0.2) is 12.9 Å². The Morgan fingerprint density at radius 2 is 2.12 bits per heavy atom. The van der Waals surface area contributed by atoms with Gasteiger partial charge in [-0.3, -0.25) is 0 Å². The lowest BCUT2D eigenvalue weighted by Gasteiger charge is -2.14. The monoisotopic (exact) mass is 251 g/mol. The van der Waals surface area contributed by atoms with Gasteiger partial charge in [-0.2, -0.15) is 4.99 Å². The van der Waals surface area contributed by atoms with Gasteiger partial charge in [0.2, 0.25) is 12.9 Å². The SMILES string of the molecule is Cc1c(C2(N=C=O)CC2)cc(Cl)c2c1OCO2. The molecule has 4 nitrogen and oxygen atoms in total. The molecule has 0 unspecified atom stereocenters. The maximum Gasteiger partial charge on any atom is 0.235 e. The van der Waals surface area contributed by atoms with Crippen molar-refractivity contribution in [2.24, 2.45) is 4.99 Å². The first-order chi connectivity index (χ1) is 8.18. The topological polar surface area (TPSA) is 47.9 Å². The maximum atomic E-state index is 10.5. The number of aliphatic imine (C=N–C) groups is 1. The van der Waals surface area contributed by atoms with Gasteiger partial charge in [0.05, 0.1) is 10.6 Å². The Morgan fingerprint density at radius 3 is 2.76 bits per heavy atom. The zero-order chi connectivity index (χ0) is 12.0. The third-order valence-electron chi connectivity index (χ3n) is 3.33. The molecule has 5 heteroatoms. The van der Waals surface area contributed by atoms with E-state index < -0.39 is 5.54 Å². The molecule has 1 fully saturated rings. The van der Waals surface area contributed by atoms with E-state index in [0.717, 1.165) is 24.0 Å². The van der Waals surface area contributed by atoms with Gasteiger partial charge in [0.25, 0.3) is 0 Å². The molecule has 1 aromatic carbocycles. The lowest BCUT2D eigenvalue weighted by Crippen LogP contribution is -2.05. The first-order valence-electron chi connectivity index (χ1n) is 5.36. The van der Waals surface area contributed by atoms with Crippen LogP contribution in [0, 0.1) is 6.92 Å². The van der Waals surface area contributed by atoms with Gasteiger partial charge >= 0.3 is 0 Å². The van der Waals surface area contributed by atoms with Crippen molar-refractivity contribution >= 4 is 17.7 Å². The maximum absolute atomic E-state index is 10.5. The van der Waals surface area contributed by atoms with E-state index in [1.165, 1.54) is 0 Å². The fraction of sp³-hybridized carbons (Fsp3) is 0.417. The molecule has 3 rings (SSSR count). The van der Waals surface area contributed by atoms with E-state index in [4.69, 9.17) is 21.1 Å². The van der Waals surface area contributed by atoms with Crippen LogP contribution in [0.2, 0.25) is 5.02 Å². The van der Waals surface area contributed by atoms with Crippen molar-refractivity contribution in [2.75, 3.05) is 6.79 Å². The second-order valence-corrected chi connectivity index (χ2v) is 4.74. The van der Waals surface area contributed by atoms with Crippen molar-refractivity contribution in [1.82, 2.24) is 0 Å². The van der Waals surface area contributed by atoms with E-state index in [2.05, 4.69) is 4.99 Å². The van der Waals surface area contributed by atoms with Crippen LogP contribution in [0.1, 0.15) is 24.0 Å². The zero-order valence-corrected chi connectivity index (χ0v) is 10.0. The number of rotatable bonds is 2. The van der Waals surface area contributed by atoms with Crippen molar-refractivity contribution in [3.8, 4) is 11.5 Å². The Labute approximate surface area is 103 Å². The van der Waals surface area contributed by atoms with Crippen LogP contribution in [0.4, 0.5) is 0 Å². The van der Waals surface area contributed by atoms with Crippen molar-refractivity contribution in [2.45, 2.75) is 25.3 Å². The number of hydrogen-bond donors (Lipinski definition) is 0. The van der Waals surface area contributed by atoms with E-state index in [1.807, 2.05) is 13.0 Å². The number of carbonyl (C=O) groups excluding carboxylic acids is 1. The molecule has 1 saturated carbocycles. The highest BCUT2D eigenvalue weighted by atomic mass is 35.5. The molecule has 0 bridgehead atoms. The fourth-order valence-electron chi connectivity index (χ4n) is 2.29. The predicted molar refractivity (Wildman–Crippen MR) is 61.3 cm³/mol. The average Bonchev–Trinajstić information content (AvgIpc) is 2.91. The van der Waals surface area contributed by atoms with Gasteiger partial charge in [-0.1, -0.05) is 11.6 Å². The molecule has 1 aliphatic carbocycles. The Morgan fingerprint density at radius 1 is 1.41 bits per heavy atom. The van der Waals surface area contributed by atoms with Crippen LogP contribution in [0.5, 0.6) is 11.5 Å².